The molecule has 0 aliphatic heterocycles. The smallest absolute Gasteiger partial charge is 0.184 e. The van der Waals surface area contributed by atoms with Crippen molar-refractivity contribution < 1.29 is 9.53 Å². The van der Waals surface area contributed by atoms with Gasteiger partial charge >= 0.3 is 0 Å². The molecular weight excluding hydrogens is 369 g/mol. The fourth-order valence-electron chi connectivity index (χ4n) is 2.25. The summed E-state index contributed by atoms with van der Waals surface area (Å²) in [6.07, 6.45) is 2.49. The topological polar surface area (TPSA) is 52.3 Å². The molecule has 3 nitrogen and oxygen atoms in total. The Morgan fingerprint density at radius 3 is 2.38 bits per heavy atom. The average molecular weight is 387 g/mol. The summed E-state index contributed by atoms with van der Waals surface area (Å²) in [7, 11) is 0. The zero-order valence-electron chi connectivity index (χ0n) is 12.9. The molecule has 0 heterocycles. The predicted octanol–water partition coefficient (Wildman–Crippen LogP) is 5.09. The van der Waals surface area contributed by atoms with Crippen LogP contribution in [0.2, 0.25) is 10.0 Å². The van der Waals surface area contributed by atoms with Gasteiger partial charge in [-0.1, -0.05) is 29.3 Å². The molecule has 1 saturated carbocycles. The lowest BCUT2D eigenvalue weighted by Crippen LogP contribution is -2.21. The molecule has 0 spiro atoms. The van der Waals surface area contributed by atoms with E-state index >= 15 is 0 Å². The first-order chi connectivity index (χ1) is 11.0. The summed E-state index contributed by atoms with van der Waals surface area (Å²) in [6, 6.07) is 11.3. The largest absolute Gasteiger partial charge is 0.493 e. The first-order valence-corrected chi connectivity index (χ1v) is 8.28. The molecule has 2 N–H and O–H groups in total. The fraction of sp³-hybridized carbons (Fsp3) is 0.278. The number of benzene rings is 2. The van der Waals surface area contributed by atoms with E-state index in [1.165, 1.54) is 12.8 Å². The van der Waals surface area contributed by atoms with E-state index < -0.39 is 6.04 Å². The number of ketones is 1. The summed E-state index contributed by atoms with van der Waals surface area (Å²) < 4.78 is 5.66. The van der Waals surface area contributed by atoms with Gasteiger partial charge in [-0.05, 0) is 60.7 Å². The molecule has 2 aromatic carbocycles. The van der Waals surface area contributed by atoms with Crippen LogP contribution in [0, 0.1) is 5.92 Å². The van der Waals surface area contributed by atoms with Gasteiger partial charge in [-0.25, -0.2) is 0 Å². The highest BCUT2D eigenvalue weighted by atomic mass is 35.5. The van der Waals surface area contributed by atoms with Crippen molar-refractivity contribution in [3.05, 3.63) is 63.6 Å². The molecule has 1 atom stereocenters. The third-order valence-corrected chi connectivity index (χ3v) is 4.65. The number of hydrogen-bond acceptors (Lipinski definition) is 3. The van der Waals surface area contributed by atoms with E-state index in [9.17, 15) is 4.79 Å². The minimum Gasteiger partial charge on any atom is -0.493 e. The van der Waals surface area contributed by atoms with E-state index in [4.69, 9.17) is 33.7 Å². The van der Waals surface area contributed by atoms with Gasteiger partial charge in [0.1, 0.15) is 5.75 Å². The summed E-state index contributed by atoms with van der Waals surface area (Å²) in [4.78, 5) is 12.5. The van der Waals surface area contributed by atoms with E-state index in [0.717, 1.165) is 12.4 Å². The summed E-state index contributed by atoms with van der Waals surface area (Å²) in [5.41, 5.74) is 7.23. The monoisotopic (exact) mass is 385 g/mol. The number of ether oxygens (including phenoxy) is 1. The maximum atomic E-state index is 12.5. The van der Waals surface area contributed by atoms with Crippen LogP contribution < -0.4 is 10.5 Å². The highest BCUT2D eigenvalue weighted by Gasteiger charge is 2.22. The van der Waals surface area contributed by atoms with Crippen molar-refractivity contribution >= 4 is 41.4 Å². The minimum absolute atomic E-state index is 0. The van der Waals surface area contributed by atoms with Crippen molar-refractivity contribution in [1.82, 2.24) is 0 Å². The van der Waals surface area contributed by atoms with E-state index in [1.807, 2.05) is 0 Å². The van der Waals surface area contributed by atoms with Crippen LogP contribution in [-0.4, -0.2) is 12.4 Å². The number of carbonyl (C=O) groups is 1. The number of nitrogens with two attached hydrogens (primary N) is 1. The van der Waals surface area contributed by atoms with Gasteiger partial charge in [0.05, 0.1) is 22.7 Å². The van der Waals surface area contributed by atoms with Crippen molar-refractivity contribution in [2.75, 3.05) is 6.61 Å². The molecule has 6 heteroatoms. The van der Waals surface area contributed by atoms with E-state index in [1.54, 1.807) is 42.5 Å². The maximum absolute atomic E-state index is 12.5. The molecule has 1 aliphatic carbocycles. The lowest BCUT2D eigenvalue weighted by atomic mass is 9.98. The van der Waals surface area contributed by atoms with Crippen LogP contribution in [0.1, 0.15) is 34.8 Å². The zero-order valence-corrected chi connectivity index (χ0v) is 15.2. The van der Waals surface area contributed by atoms with Gasteiger partial charge in [-0.3, -0.25) is 4.79 Å². The Labute approximate surface area is 157 Å². The molecule has 2 aromatic rings. The summed E-state index contributed by atoms with van der Waals surface area (Å²) in [5, 5.41) is 0.823. The van der Waals surface area contributed by atoms with Crippen molar-refractivity contribution in [1.29, 1.82) is 0 Å². The van der Waals surface area contributed by atoms with Crippen LogP contribution in [0.5, 0.6) is 5.75 Å². The van der Waals surface area contributed by atoms with Gasteiger partial charge in [0.25, 0.3) is 0 Å². The normalized spacial score (nSPS) is 14.6. The van der Waals surface area contributed by atoms with Crippen LogP contribution in [0.15, 0.2) is 42.5 Å². The highest BCUT2D eigenvalue weighted by molar-refractivity contribution is 6.42. The van der Waals surface area contributed by atoms with Crippen molar-refractivity contribution in [3.63, 3.8) is 0 Å². The fourth-order valence-corrected chi connectivity index (χ4v) is 2.56. The van der Waals surface area contributed by atoms with E-state index in [2.05, 4.69) is 0 Å². The molecule has 24 heavy (non-hydrogen) atoms. The minimum atomic E-state index is -0.775. The van der Waals surface area contributed by atoms with Gasteiger partial charge in [0, 0.05) is 5.56 Å². The maximum Gasteiger partial charge on any atom is 0.184 e. The van der Waals surface area contributed by atoms with E-state index in [0.29, 0.717) is 27.1 Å². The third kappa shape index (κ3) is 4.64. The molecule has 0 radical (unpaired) electrons. The Kier molecular flexibility index (Phi) is 6.53. The molecule has 1 unspecified atom stereocenters. The Hall–Kier alpha value is -1.26. The second-order valence-electron chi connectivity index (χ2n) is 5.79. The molecule has 128 valence electrons. The number of Topliss-reactive ketones (excluding diaryl/α,β-unsaturated/α-hetero) is 1. The van der Waals surface area contributed by atoms with Crippen LogP contribution >= 0.6 is 35.6 Å². The standard InChI is InChI=1S/C18H17Cl2NO2.ClH/c19-15-8-5-13(9-16(15)20)17(21)18(22)12-3-6-14(7-4-12)23-10-11-1-2-11;/h3-9,11,17H,1-2,10,21H2;1H. The third-order valence-electron chi connectivity index (χ3n) is 3.91. The summed E-state index contributed by atoms with van der Waals surface area (Å²) >= 11 is 11.9. The molecule has 0 saturated heterocycles. The van der Waals surface area contributed by atoms with Crippen LogP contribution in [0.25, 0.3) is 0 Å². The first kappa shape index (κ1) is 19.1. The van der Waals surface area contributed by atoms with Crippen LogP contribution in [-0.2, 0) is 0 Å². The quantitative estimate of drug-likeness (QED) is 0.704. The number of rotatable bonds is 6. The predicted molar refractivity (Wildman–Crippen MR) is 99.6 cm³/mol. The van der Waals surface area contributed by atoms with Crippen molar-refractivity contribution in [2.24, 2.45) is 11.7 Å². The number of halogens is 3. The van der Waals surface area contributed by atoms with Gasteiger partial charge in [-0.15, -0.1) is 12.4 Å². The molecule has 0 bridgehead atoms. The Morgan fingerprint density at radius 1 is 1.12 bits per heavy atom. The van der Waals surface area contributed by atoms with Crippen molar-refractivity contribution in [2.45, 2.75) is 18.9 Å². The molecule has 0 aromatic heterocycles. The second-order valence-corrected chi connectivity index (χ2v) is 6.61. The van der Waals surface area contributed by atoms with Gasteiger partial charge < -0.3 is 10.5 Å². The number of carbonyl (C=O) groups excluding carboxylic acids is 1. The van der Waals surface area contributed by atoms with Gasteiger partial charge in [0.2, 0.25) is 0 Å². The summed E-state index contributed by atoms with van der Waals surface area (Å²) in [6.45, 7) is 0.746. The SMILES string of the molecule is Cl.NC(C(=O)c1ccc(OCC2CC2)cc1)c1ccc(Cl)c(Cl)c1. The number of hydrogen-bond donors (Lipinski definition) is 1. The van der Waals surface area contributed by atoms with Gasteiger partial charge in [0.15, 0.2) is 5.78 Å². The van der Waals surface area contributed by atoms with Crippen molar-refractivity contribution in [3.8, 4) is 5.75 Å². The Bertz CT molecular complexity index is 715. The first-order valence-electron chi connectivity index (χ1n) is 7.52. The molecule has 3 rings (SSSR count). The lowest BCUT2D eigenvalue weighted by Gasteiger charge is -2.12. The zero-order chi connectivity index (χ0) is 16.4. The average Bonchev–Trinajstić information content (AvgIpc) is 3.39. The van der Waals surface area contributed by atoms with Crippen LogP contribution in [0.3, 0.4) is 0 Å². The Morgan fingerprint density at radius 2 is 1.79 bits per heavy atom. The van der Waals surface area contributed by atoms with Crippen LogP contribution in [0.4, 0.5) is 0 Å². The second kappa shape index (κ2) is 8.21. The molecule has 1 fully saturated rings. The molecule has 1 aliphatic rings. The molecule has 0 amide bonds. The van der Waals surface area contributed by atoms with E-state index in [-0.39, 0.29) is 18.2 Å². The lowest BCUT2D eigenvalue weighted by molar-refractivity contribution is 0.0961. The van der Waals surface area contributed by atoms with Gasteiger partial charge in [-0.2, -0.15) is 0 Å². The Balaban J connectivity index is 0.00000208. The highest BCUT2D eigenvalue weighted by Crippen LogP contribution is 2.30. The molecular formula is C18H18Cl3NO2. The summed E-state index contributed by atoms with van der Waals surface area (Å²) in [5.74, 6) is 1.30.